The molecule has 0 unspecified atom stereocenters. The molecule has 130 valence electrons. The Balaban J connectivity index is 1.69. The van der Waals surface area contributed by atoms with Gasteiger partial charge >= 0.3 is 0 Å². The van der Waals surface area contributed by atoms with E-state index >= 15 is 0 Å². The first-order valence-corrected chi connectivity index (χ1v) is 8.61. The van der Waals surface area contributed by atoms with Crippen LogP contribution in [0.1, 0.15) is 40.5 Å². The molecule has 2 amide bonds. The minimum Gasteiger partial charge on any atom is -0.494 e. The number of carbonyl (C=O) groups is 2. The highest BCUT2D eigenvalue weighted by atomic mass is 16.5. The highest BCUT2D eigenvalue weighted by molar-refractivity contribution is 6.06. The van der Waals surface area contributed by atoms with Crippen LogP contribution in [0, 0.1) is 0 Å². The molecule has 0 spiro atoms. The molecule has 0 radical (unpaired) electrons. The van der Waals surface area contributed by atoms with E-state index < -0.39 is 0 Å². The zero-order chi connectivity index (χ0) is 17.6. The Morgan fingerprint density at radius 1 is 1.04 bits per heavy atom. The average Bonchev–Trinajstić information content (AvgIpc) is 3.18. The molecule has 0 saturated carbocycles. The van der Waals surface area contributed by atoms with E-state index in [1.165, 1.54) is 0 Å². The van der Waals surface area contributed by atoms with Crippen molar-refractivity contribution in [2.24, 2.45) is 0 Å². The quantitative estimate of drug-likeness (QED) is 0.906. The molecule has 1 aliphatic rings. The molecular formula is C20H22N2O3. The Hall–Kier alpha value is -2.82. The first-order chi connectivity index (χ1) is 12.2. The fraction of sp³-hybridized carbons (Fsp3) is 0.300. The molecule has 3 rings (SSSR count). The van der Waals surface area contributed by atoms with Crippen molar-refractivity contribution in [2.75, 3.05) is 25.0 Å². The van der Waals surface area contributed by atoms with Gasteiger partial charge in [0.25, 0.3) is 11.8 Å². The van der Waals surface area contributed by atoms with Crippen molar-refractivity contribution >= 4 is 17.5 Å². The molecule has 1 aliphatic heterocycles. The van der Waals surface area contributed by atoms with Crippen molar-refractivity contribution in [3.63, 3.8) is 0 Å². The number of nitrogens with zero attached hydrogens (tertiary/aromatic N) is 1. The summed E-state index contributed by atoms with van der Waals surface area (Å²) in [5.74, 6) is 0.521. The number of carbonyl (C=O) groups excluding carboxylic acids is 2. The molecule has 5 heteroatoms. The maximum absolute atomic E-state index is 12.5. The predicted molar refractivity (Wildman–Crippen MR) is 97.1 cm³/mol. The number of nitrogens with one attached hydrogen (secondary N) is 1. The number of rotatable bonds is 5. The first kappa shape index (κ1) is 17.0. The third kappa shape index (κ3) is 4.18. The zero-order valence-corrected chi connectivity index (χ0v) is 14.3. The SMILES string of the molecule is CCOc1ccc(NC(=O)c2cccc(C(=O)N3CCCC3)c2)cc1. The average molecular weight is 338 g/mol. The van der Waals surface area contributed by atoms with E-state index in [-0.39, 0.29) is 11.8 Å². The molecule has 0 aromatic heterocycles. The van der Waals surface area contributed by atoms with Gasteiger partial charge in [-0.2, -0.15) is 0 Å². The van der Waals surface area contributed by atoms with Crippen molar-refractivity contribution in [3.05, 3.63) is 59.7 Å². The second-order valence-electron chi connectivity index (χ2n) is 5.99. The van der Waals surface area contributed by atoms with Gasteiger partial charge < -0.3 is 15.0 Å². The lowest BCUT2D eigenvalue weighted by Crippen LogP contribution is -2.27. The van der Waals surface area contributed by atoms with Crippen LogP contribution in [-0.4, -0.2) is 36.4 Å². The van der Waals surface area contributed by atoms with Gasteiger partial charge in [0, 0.05) is 29.9 Å². The van der Waals surface area contributed by atoms with Crippen LogP contribution < -0.4 is 10.1 Å². The Bertz CT molecular complexity index is 750. The number of benzene rings is 2. The van der Waals surface area contributed by atoms with Crippen LogP contribution in [0.15, 0.2) is 48.5 Å². The number of ether oxygens (including phenoxy) is 1. The summed E-state index contributed by atoms with van der Waals surface area (Å²) in [4.78, 5) is 26.7. The molecule has 5 nitrogen and oxygen atoms in total. The molecule has 2 aromatic carbocycles. The second kappa shape index (κ2) is 7.83. The number of likely N-dealkylation sites (tertiary alicyclic amines) is 1. The van der Waals surface area contributed by atoms with E-state index in [4.69, 9.17) is 4.74 Å². The van der Waals surface area contributed by atoms with E-state index in [1.54, 1.807) is 36.4 Å². The minimum absolute atomic E-state index is 0.00628. The molecule has 1 saturated heterocycles. The van der Waals surface area contributed by atoms with Crippen LogP contribution in [0.3, 0.4) is 0 Å². The lowest BCUT2D eigenvalue weighted by atomic mass is 10.1. The predicted octanol–water partition coefficient (Wildman–Crippen LogP) is 3.57. The van der Waals surface area contributed by atoms with Gasteiger partial charge in [-0.05, 0) is 62.2 Å². The standard InChI is InChI=1S/C20H22N2O3/c1-2-25-18-10-8-17(9-11-18)21-19(23)15-6-5-7-16(14-15)20(24)22-12-3-4-13-22/h5-11,14H,2-4,12-13H2,1H3,(H,21,23). The van der Waals surface area contributed by atoms with Crippen molar-refractivity contribution in [2.45, 2.75) is 19.8 Å². The van der Waals surface area contributed by atoms with E-state index in [0.29, 0.717) is 23.4 Å². The molecule has 2 aromatic rings. The lowest BCUT2D eigenvalue weighted by molar-refractivity contribution is 0.0793. The number of hydrogen-bond acceptors (Lipinski definition) is 3. The topological polar surface area (TPSA) is 58.6 Å². The van der Waals surface area contributed by atoms with Gasteiger partial charge in [0.15, 0.2) is 0 Å². The Kier molecular flexibility index (Phi) is 5.33. The number of amides is 2. The van der Waals surface area contributed by atoms with Crippen LogP contribution in [0.4, 0.5) is 5.69 Å². The summed E-state index contributed by atoms with van der Waals surface area (Å²) in [7, 11) is 0. The molecule has 0 atom stereocenters. The molecule has 25 heavy (non-hydrogen) atoms. The molecule has 0 bridgehead atoms. The summed E-state index contributed by atoms with van der Waals surface area (Å²) in [6, 6.07) is 14.1. The monoisotopic (exact) mass is 338 g/mol. The van der Waals surface area contributed by atoms with Crippen LogP contribution in [0.2, 0.25) is 0 Å². The highest BCUT2D eigenvalue weighted by Crippen LogP contribution is 2.18. The van der Waals surface area contributed by atoms with E-state index in [0.717, 1.165) is 31.7 Å². The fourth-order valence-corrected chi connectivity index (χ4v) is 2.90. The van der Waals surface area contributed by atoms with Gasteiger partial charge in [0.05, 0.1) is 6.61 Å². The van der Waals surface area contributed by atoms with Crippen LogP contribution in [-0.2, 0) is 0 Å². The maximum atomic E-state index is 12.5. The largest absolute Gasteiger partial charge is 0.494 e. The van der Waals surface area contributed by atoms with Crippen LogP contribution >= 0.6 is 0 Å². The van der Waals surface area contributed by atoms with Gasteiger partial charge in [-0.1, -0.05) is 6.07 Å². The molecule has 1 fully saturated rings. The summed E-state index contributed by atoms with van der Waals surface area (Å²) in [5.41, 5.74) is 1.71. The Morgan fingerprint density at radius 2 is 1.72 bits per heavy atom. The molecule has 0 aliphatic carbocycles. The number of hydrogen-bond donors (Lipinski definition) is 1. The van der Waals surface area contributed by atoms with Crippen LogP contribution in [0.25, 0.3) is 0 Å². The fourth-order valence-electron chi connectivity index (χ4n) is 2.90. The van der Waals surface area contributed by atoms with Crippen molar-refractivity contribution < 1.29 is 14.3 Å². The summed E-state index contributed by atoms with van der Waals surface area (Å²) in [6.07, 6.45) is 2.09. The Labute approximate surface area is 147 Å². The summed E-state index contributed by atoms with van der Waals surface area (Å²) < 4.78 is 5.39. The first-order valence-electron chi connectivity index (χ1n) is 8.61. The number of anilines is 1. The third-order valence-electron chi connectivity index (χ3n) is 4.19. The lowest BCUT2D eigenvalue weighted by Gasteiger charge is -2.15. The minimum atomic E-state index is -0.236. The van der Waals surface area contributed by atoms with Crippen LogP contribution in [0.5, 0.6) is 5.75 Å². The van der Waals surface area contributed by atoms with Gasteiger partial charge in [-0.15, -0.1) is 0 Å². The third-order valence-corrected chi connectivity index (χ3v) is 4.19. The Morgan fingerprint density at radius 3 is 2.40 bits per heavy atom. The van der Waals surface area contributed by atoms with E-state index in [9.17, 15) is 9.59 Å². The van der Waals surface area contributed by atoms with Crippen molar-refractivity contribution in [3.8, 4) is 5.75 Å². The second-order valence-corrected chi connectivity index (χ2v) is 5.99. The molecule has 1 N–H and O–H groups in total. The van der Waals surface area contributed by atoms with E-state index in [2.05, 4.69) is 5.32 Å². The molecule has 1 heterocycles. The normalized spacial score (nSPS) is 13.6. The highest BCUT2D eigenvalue weighted by Gasteiger charge is 2.20. The van der Waals surface area contributed by atoms with Gasteiger partial charge in [0.2, 0.25) is 0 Å². The summed E-state index contributed by atoms with van der Waals surface area (Å²) in [5, 5.41) is 2.84. The van der Waals surface area contributed by atoms with Gasteiger partial charge in [0.1, 0.15) is 5.75 Å². The smallest absolute Gasteiger partial charge is 0.255 e. The van der Waals surface area contributed by atoms with E-state index in [1.807, 2.05) is 24.0 Å². The maximum Gasteiger partial charge on any atom is 0.255 e. The summed E-state index contributed by atoms with van der Waals surface area (Å²) in [6.45, 7) is 4.11. The van der Waals surface area contributed by atoms with Gasteiger partial charge in [-0.3, -0.25) is 9.59 Å². The van der Waals surface area contributed by atoms with Crippen molar-refractivity contribution in [1.82, 2.24) is 4.90 Å². The van der Waals surface area contributed by atoms with Crippen molar-refractivity contribution in [1.29, 1.82) is 0 Å². The van der Waals surface area contributed by atoms with Gasteiger partial charge in [-0.25, -0.2) is 0 Å². The summed E-state index contributed by atoms with van der Waals surface area (Å²) >= 11 is 0. The zero-order valence-electron chi connectivity index (χ0n) is 14.3. The molecular weight excluding hydrogens is 316 g/mol.